The van der Waals surface area contributed by atoms with E-state index in [2.05, 4.69) is 25.1 Å². The van der Waals surface area contributed by atoms with Gasteiger partial charge in [-0.3, -0.25) is 0 Å². The maximum Gasteiger partial charge on any atom is 0.165 e. The van der Waals surface area contributed by atoms with E-state index in [1.165, 1.54) is 24.3 Å². The van der Waals surface area contributed by atoms with Crippen LogP contribution in [0.2, 0.25) is 0 Å². The van der Waals surface area contributed by atoms with Gasteiger partial charge in [0.2, 0.25) is 0 Å². The molecule has 1 unspecified atom stereocenters. The number of aliphatic hydroxyl groups is 1. The van der Waals surface area contributed by atoms with E-state index in [4.69, 9.17) is 4.74 Å². The summed E-state index contributed by atoms with van der Waals surface area (Å²) in [5.41, 5.74) is 3.28. The normalized spacial score (nSPS) is 12.2. The molecule has 2 rings (SSSR count). The summed E-state index contributed by atoms with van der Waals surface area (Å²) in [6.07, 6.45) is 1.43. The number of halogens is 1. The lowest BCUT2D eigenvalue weighted by atomic mass is 9.92. The van der Waals surface area contributed by atoms with Crippen molar-refractivity contribution in [2.45, 2.75) is 19.8 Å². The van der Waals surface area contributed by atoms with Gasteiger partial charge in [-0.05, 0) is 48.9 Å². The van der Waals surface area contributed by atoms with Crippen LogP contribution in [0.15, 0.2) is 42.5 Å². The maximum atomic E-state index is 13.7. The topological polar surface area (TPSA) is 29.5 Å². The highest BCUT2D eigenvalue weighted by molar-refractivity contribution is 5.30. The number of ether oxygens (including phenoxy) is 1. The molecule has 2 nitrogen and oxygen atoms in total. The standard InChI is InChI=1S/C18H21FO2/c1-13-4-3-5-14(8-13)9-16(12-20)10-15-6-7-18(21-2)17(19)11-15/h3-8,11,16,20H,9-10,12H2,1-2H3. The Morgan fingerprint density at radius 1 is 1.10 bits per heavy atom. The lowest BCUT2D eigenvalue weighted by Gasteiger charge is -2.15. The molecule has 1 atom stereocenters. The molecule has 0 aromatic heterocycles. The Bertz CT molecular complexity index is 596. The molecule has 1 N–H and O–H groups in total. The first-order valence-electron chi connectivity index (χ1n) is 7.11. The van der Waals surface area contributed by atoms with E-state index in [9.17, 15) is 9.50 Å². The average molecular weight is 288 g/mol. The zero-order chi connectivity index (χ0) is 15.2. The van der Waals surface area contributed by atoms with Crippen LogP contribution in [-0.4, -0.2) is 18.8 Å². The van der Waals surface area contributed by atoms with E-state index < -0.39 is 0 Å². The van der Waals surface area contributed by atoms with E-state index in [1.807, 2.05) is 12.1 Å². The van der Waals surface area contributed by atoms with E-state index in [0.29, 0.717) is 6.42 Å². The average Bonchev–Trinajstić information content (AvgIpc) is 2.47. The van der Waals surface area contributed by atoms with Crippen LogP contribution in [0.5, 0.6) is 5.75 Å². The van der Waals surface area contributed by atoms with Crippen LogP contribution in [0, 0.1) is 18.7 Å². The lowest BCUT2D eigenvalue weighted by Crippen LogP contribution is -2.13. The molecular weight excluding hydrogens is 267 g/mol. The Balaban J connectivity index is 2.07. The zero-order valence-corrected chi connectivity index (χ0v) is 12.5. The number of aryl methyl sites for hydroxylation is 1. The molecule has 21 heavy (non-hydrogen) atoms. The maximum absolute atomic E-state index is 13.7. The van der Waals surface area contributed by atoms with Gasteiger partial charge in [-0.2, -0.15) is 0 Å². The smallest absolute Gasteiger partial charge is 0.165 e. The first-order valence-corrected chi connectivity index (χ1v) is 7.11. The molecule has 0 radical (unpaired) electrons. The Kier molecular flexibility index (Phi) is 5.34. The number of aliphatic hydroxyl groups excluding tert-OH is 1. The van der Waals surface area contributed by atoms with Gasteiger partial charge in [-0.15, -0.1) is 0 Å². The molecule has 0 saturated heterocycles. The molecule has 0 bridgehead atoms. The third-order valence-electron chi connectivity index (χ3n) is 3.61. The van der Waals surface area contributed by atoms with E-state index in [1.54, 1.807) is 6.07 Å². The minimum atomic E-state index is -0.359. The van der Waals surface area contributed by atoms with Crippen LogP contribution in [0.4, 0.5) is 4.39 Å². The number of hydrogen-bond donors (Lipinski definition) is 1. The molecular formula is C18H21FO2. The van der Waals surface area contributed by atoms with Crippen molar-refractivity contribution in [2.24, 2.45) is 5.92 Å². The minimum absolute atomic E-state index is 0.0830. The molecule has 2 aromatic carbocycles. The van der Waals surface area contributed by atoms with Crippen molar-refractivity contribution in [3.05, 3.63) is 65.0 Å². The SMILES string of the molecule is COc1ccc(CC(CO)Cc2cccc(C)c2)cc1F. The number of hydrogen-bond acceptors (Lipinski definition) is 2. The largest absolute Gasteiger partial charge is 0.494 e. The van der Waals surface area contributed by atoms with Gasteiger partial charge in [0.25, 0.3) is 0 Å². The van der Waals surface area contributed by atoms with Gasteiger partial charge in [0.1, 0.15) is 0 Å². The van der Waals surface area contributed by atoms with Crippen LogP contribution < -0.4 is 4.74 Å². The summed E-state index contributed by atoms with van der Waals surface area (Å²) in [6.45, 7) is 2.14. The molecule has 0 aliphatic heterocycles. The molecule has 0 fully saturated rings. The fraction of sp³-hybridized carbons (Fsp3) is 0.333. The third kappa shape index (κ3) is 4.30. The summed E-state index contributed by atoms with van der Waals surface area (Å²) >= 11 is 0. The molecule has 0 aliphatic carbocycles. The van der Waals surface area contributed by atoms with Crippen molar-refractivity contribution in [3.8, 4) is 5.75 Å². The molecule has 0 aliphatic rings. The monoisotopic (exact) mass is 288 g/mol. The van der Waals surface area contributed by atoms with E-state index >= 15 is 0 Å². The summed E-state index contributed by atoms with van der Waals surface area (Å²) in [7, 11) is 1.45. The molecule has 0 saturated carbocycles. The predicted octanol–water partition coefficient (Wildman–Crippen LogP) is 3.54. The second kappa shape index (κ2) is 7.23. The van der Waals surface area contributed by atoms with Gasteiger partial charge in [0.15, 0.2) is 11.6 Å². The van der Waals surface area contributed by atoms with Gasteiger partial charge in [0, 0.05) is 6.61 Å². The quantitative estimate of drug-likeness (QED) is 0.881. The molecule has 3 heteroatoms. The first-order chi connectivity index (χ1) is 10.1. The van der Waals surface area contributed by atoms with Gasteiger partial charge in [-0.1, -0.05) is 35.9 Å². The van der Waals surface area contributed by atoms with Crippen LogP contribution in [0.3, 0.4) is 0 Å². The summed E-state index contributed by atoms with van der Waals surface area (Å²) in [4.78, 5) is 0. The van der Waals surface area contributed by atoms with Gasteiger partial charge >= 0.3 is 0 Å². The van der Waals surface area contributed by atoms with Crippen LogP contribution >= 0.6 is 0 Å². The fourth-order valence-corrected chi connectivity index (χ4v) is 2.54. The van der Waals surface area contributed by atoms with Crippen molar-refractivity contribution in [1.29, 1.82) is 0 Å². The molecule has 0 spiro atoms. The van der Waals surface area contributed by atoms with Crippen LogP contribution in [0.1, 0.15) is 16.7 Å². The van der Waals surface area contributed by atoms with Gasteiger partial charge < -0.3 is 9.84 Å². The first kappa shape index (κ1) is 15.5. The van der Waals surface area contributed by atoms with Crippen molar-refractivity contribution in [2.75, 3.05) is 13.7 Å². The molecule has 0 heterocycles. The Hall–Kier alpha value is -1.87. The lowest BCUT2D eigenvalue weighted by molar-refractivity contribution is 0.225. The summed E-state index contributed by atoms with van der Waals surface area (Å²) in [6, 6.07) is 13.2. The Labute approximate surface area is 125 Å². The summed E-state index contributed by atoms with van der Waals surface area (Å²) in [5, 5.41) is 9.57. The highest BCUT2D eigenvalue weighted by atomic mass is 19.1. The molecule has 2 aromatic rings. The predicted molar refractivity (Wildman–Crippen MR) is 82.1 cm³/mol. The summed E-state index contributed by atoms with van der Waals surface area (Å²) < 4.78 is 18.6. The van der Waals surface area contributed by atoms with Crippen molar-refractivity contribution in [3.63, 3.8) is 0 Å². The van der Waals surface area contributed by atoms with Crippen LogP contribution in [0.25, 0.3) is 0 Å². The van der Waals surface area contributed by atoms with Crippen molar-refractivity contribution < 1.29 is 14.2 Å². The van der Waals surface area contributed by atoms with Crippen molar-refractivity contribution >= 4 is 0 Å². The van der Waals surface area contributed by atoms with Gasteiger partial charge in [0.05, 0.1) is 7.11 Å². The second-order valence-electron chi connectivity index (χ2n) is 5.41. The zero-order valence-electron chi connectivity index (χ0n) is 12.5. The second-order valence-corrected chi connectivity index (χ2v) is 5.41. The van der Waals surface area contributed by atoms with E-state index in [0.717, 1.165) is 12.0 Å². The van der Waals surface area contributed by atoms with Crippen molar-refractivity contribution in [1.82, 2.24) is 0 Å². The number of rotatable bonds is 6. The highest BCUT2D eigenvalue weighted by Gasteiger charge is 2.12. The Morgan fingerprint density at radius 2 is 1.81 bits per heavy atom. The minimum Gasteiger partial charge on any atom is -0.494 e. The highest BCUT2D eigenvalue weighted by Crippen LogP contribution is 2.21. The van der Waals surface area contributed by atoms with Gasteiger partial charge in [-0.25, -0.2) is 4.39 Å². The molecule has 112 valence electrons. The molecule has 0 amide bonds. The number of methoxy groups -OCH3 is 1. The Morgan fingerprint density at radius 3 is 2.38 bits per heavy atom. The van der Waals surface area contributed by atoms with E-state index in [-0.39, 0.29) is 24.1 Å². The number of benzene rings is 2. The third-order valence-corrected chi connectivity index (χ3v) is 3.61. The summed E-state index contributed by atoms with van der Waals surface area (Å²) in [5.74, 6) is -0.0279. The fourth-order valence-electron chi connectivity index (χ4n) is 2.54. The van der Waals surface area contributed by atoms with Crippen LogP contribution in [-0.2, 0) is 12.8 Å².